The van der Waals surface area contributed by atoms with E-state index < -0.39 is 23.7 Å². The average Bonchev–Trinajstić information content (AvgIpc) is 2.56. The lowest BCUT2D eigenvalue weighted by Gasteiger charge is -2.32. The summed E-state index contributed by atoms with van der Waals surface area (Å²) in [5.74, 6) is -0.460. The predicted octanol–water partition coefficient (Wildman–Crippen LogP) is 3.04. The molecule has 25 heavy (non-hydrogen) atoms. The van der Waals surface area contributed by atoms with Crippen LogP contribution in [0.1, 0.15) is 32.8 Å². The summed E-state index contributed by atoms with van der Waals surface area (Å²) in [6.45, 7) is 5.92. The zero-order chi connectivity index (χ0) is 18.9. The first-order chi connectivity index (χ1) is 11.8. The molecule has 1 aromatic carbocycles. The summed E-state index contributed by atoms with van der Waals surface area (Å²) in [4.78, 5) is 26.3. The zero-order valence-electron chi connectivity index (χ0n) is 15.8. The summed E-state index contributed by atoms with van der Waals surface area (Å²) in [6.07, 6.45) is 0.542. The molecule has 0 saturated heterocycles. The smallest absolute Gasteiger partial charge is 0.411 e. The van der Waals surface area contributed by atoms with Gasteiger partial charge in [-0.05, 0) is 39.2 Å². The van der Waals surface area contributed by atoms with Crippen molar-refractivity contribution in [3.63, 3.8) is 0 Å². The van der Waals surface area contributed by atoms with Crippen LogP contribution in [0.15, 0.2) is 30.3 Å². The first-order valence-corrected chi connectivity index (χ1v) is 8.38. The average molecular weight is 351 g/mol. The summed E-state index contributed by atoms with van der Waals surface area (Å²) in [5, 5.41) is 0. The van der Waals surface area contributed by atoms with Crippen molar-refractivity contribution in [2.24, 2.45) is 0 Å². The van der Waals surface area contributed by atoms with Gasteiger partial charge in [0.2, 0.25) is 0 Å². The first kappa shape index (κ1) is 21.0. The third-order valence-electron chi connectivity index (χ3n) is 3.56. The quantitative estimate of drug-likeness (QED) is 0.674. The molecule has 0 fully saturated rings. The topological polar surface area (TPSA) is 65.1 Å². The Labute approximate surface area is 150 Å². The SMILES string of the molecule is COCCN(C(=O)OC(C)(C)C)[C@@H](CCc1ccccc1)C(=O)OC. The molecule has 0 spiro atoms. The van der Waals surface area contributed by atoms with Crippen LogP contribution >= 0.6 is 0 Å². The van der Waals surface area contributed by atoms with Crippen LogP contribution in [0.4, 0.5) is 4.79 Å². The summed E-state index contributed by atoms with van der Waals surface area (Å²) >= 11 is 0. The van der Waals surface area contributed by atoms with Crippen molar-refractivity contribution in [2.75, 3.05) is 27.4 Å². The van der Waals surface area contributed by atoms with E-state index in [4.69, 9.17) is 14.2 Å². The highest BCUT2D eigenvalue weighted by molar-refractivity contribution is 5.81. The van der Waals surface area contributed by atoms with E-state index in [1.54, 1.807) is 27.9 Å². The lowest BCUT2D eigenvalue weighted by molar-refractivity contribution is -0.147. The summed E-state index contributed by atoms with van der Waals surface area (Å²) in [5.41, 5.74) is 0.440. The first-order valence-electron chi connectivity index (χ1n) is 8.38. The Balaban J connectivity index is 2.94. The number of hydrogen-bond acceptors (Lipinski definition) is 5. The van der Waals surface area contributed by atoms with E-state index in [-0.39, 0.29) is 6.54 Å². The number of methoxy groups -OCH3 is 2. The molecular weight excluding hydrogens is 322 g/mol. The van der Waals surface area contributed by atoms with Gasteiger partial charge in [0, 0.05) is 13.7 Å². The standard InChI is InChI=1S/C19H29NO5/c1-19(2,3)25-18(22)20(13-14-23-4)16(17(21)24-5)12-11-15-9-7-6-8-10-15/h6-10,16H,11-14H2,1-5H3/t16-/m0/s1. The van der Waals surface area contributed by atoms with Gasteiger partial charge in [-0.15, -0.1) is 0 Å². The molecule has 6 heteroatoms. The van der Waals surface area contributed by atoms with Crippen LogP contribution in [0.25, 0.3) is 0 Å². The maximum Gasteiger partial charge on any atom is 0.411 e. The fraction of sp³-hybridized carbons (Fsp3) is 0.579. The van der Waals surface area contributed by atoms with Crippen LogP contribution in [0.5, 0.6) is 0 Å². The molecule has 1 aromatic rings. The van der Waals surface area contributed by atoms with Crippen LogP contribution in [0.2, 0.25) is 0 Å². The Morgan fingerprint density at radius 3 is 2.28 bits per heavy atom. The number of ether oxygens (including phenoxy) is 3. The third-order valence-corrected chi connectivity index (χ3v) is 3.56. The van der Waals surface area contributed by atoms with Gasteiger partial charge >= 0.3 is 12.1 Å². The highest BCUT2D eigenvalue weighted by Crippen LogP contribution is 2.16. The van der Waals surface area contributed by atoms with Crippen molar-refractivity contribution >= 4 is 12.1 Å². The van der Waals surface area contributed by atoms with Gasteiger partial charge in [0.15, 0.2) is 0 Å². The minimum Gasteiger partial charge on any atom is -0.467 e. The molecule has 0 bridgehead atoms. The van der Waals surface area contributed by atoms with E-state index in [2.05, 4.69) is 0 Å². The maximum atomic E-state index is 12.6. The van der Waals surface area contributed by atoms with Crippen LogP contribution in [0.3, 0.4) is 0 Å². The minimum atomic E-state index is -0.727. The molecule has 0 unspecified atom stereocenters. The van der Waals surface area contributed by atoms with Crippen molar-refractivity contribution in [2.45, 2.75) is 45.3 Å². The monoisotopic (exact) mass is 351 g/mol. The fourth-order valence-electron chi connectivity index (χ4n) is 2.37. The van der Waals surface area contributed by atoms with Crippen LogP contribution in [-0.2, 0) is 25.4 Å². The number of carbonyl (C=O) groups excluding carboxylic acids is 2. The Morgan fingerprint density at radius 1 is 1.12 bits per heavy atom. The predicted molar refractivity (Wildman–Crippen MR) is 95.4 cm³/mol. The van der Waals surface area contributed by atoms with E-state index in [1.165, 1.54) is 12.0 Å². The number of aryl methyl sites for hydroxylation is 1. The Kier molecular flexibility index (Phi) is 8.41. The fourth-order valence-corrected chi connectivity index (χ4v) is 2.37. The number of esters is 1. The lowest BCUT2D eigenvalue weighted by Crippen LogP contribution is -2.49. The van der Waals surface area contributed by atoms with Gasteiger partial charge in [0.05, 0.1) is 13.7 Å². The molecule has 0 radical (unpaired) electrons. The number of rotatable bonds is 8. The largest absolute Gasteiger partial charge is 0.467 e. The second-order valence-corrected chi connectivity index (χ2v) is 6.73. The van der Waals surface area contributed by atoms with Crippen LogP contribution in [-0.4, -0.2) is 56.0 Å². The van der Waals surface area contributed by atoms with Crippen LogP contribution < -0.4 is 0 Å². The van der Waals surface area contributed by atoms with E-state index in [0.717, 1.165) is 5.56 Å². The van der Waals surface area contributed by atoms with Gasteiger partial charge < -0.3 is 14.2 Å². The van der Waals surface area contributed by atoms with Crippen molar-refractivity contribution in [3.8, 4) is 0 Å². The van der Waals surface area contributed by atoms with Crippen molar-refractivity contribution in [3.05, 3.63) is 35.9 Å². The van der Waals surface area contributed by atoms with E-state index in [1.807, 2.05) is 30.3 Å². The number of hydrogen-bond donors (Lipinski definition) is 0. The van der Waals surface area contributed by atoms with E-state index in [9.17, 15) is 9.59 Å². The van der Waals surface area contributed by atoms with Crippen molar-refractivity contribution in [1.82, 2.24) is 4.90 Å². The molecule has 1 atom stereocenters. The lowest BCUT2D eigenvalue weighted by atomic mass is 10.0. The molecule has 0 aliphatic carbocycles. The summed E-state index contributed by atoms with van der Waals surface area (Å²) in [6, 6.07) is 9.07. The van der Waals surface area contributed by atoms with Gasteiger partial charge in [0.1, 0.15) is 11.6 Å². The molecule has 0 N–H and O–H groups in total. The Hall–Kier alpha value is -2.08. The summed E-state index contributed by atoms with van der Waals surface area (Å²) < 4.78 is 15.4. The maximum absolute atomic E-state index is 12.6. The molecule has 0 aliphatic heterocycles. The number of benzene rings is 1. The third kappa shape index (κ3) is 7.56. The van der Waals surface area contributed by atoms with Crippen molar-refractivity contribution < 1.29 is 23.8 Å². The van der Waals surface area contributed by atoms with E-state index in [0.29, 0.717) is 19.4 Å². The Morgan fingerprint density at radius 2 is 1.76 bits per heavy atom. The van der Waals surface area contributed by atoms with Gasteiger partial charge in [-0.3, -0.25) is 4.90 Å². The van der Waals surface area contributed by atoms with Crippen molar-refractivity contribution in [1.29, 1.82) is 0 Å². The molecule has 0 aliphatic rings. The molecule has 1 rings (SSSR count). The molecule has 6 nitrogen and oxygen atoms in total. The highest BCUT2D eigenvalue weighted by Gasteiger charge is 2.33. The summed E-state index contributed by atoms with van der Waals surface area (Å²) in [7, 11) is 2.87. The number of carbonyl (C=O) groups is 2. The second-order valence-electron chi connectivity index (χ2n) is 6.73. The highest BCUT2D eigenvalue weighted by atomic mass is 16.6. The van der Waals surface area contributed by atoms with Gasteiger partial charge in [-0.2, -0.15) is 0 Å². The van der Waals surface area contributed by atoms with Crippen LogP contribution in [0, 0.1) is 0 Å². The van der Waals surface area contributed by atoms with E-state index >= 15 is 0 Å². The molecule has 140 valence electrons. The number of amides is 1. The molecule has 0 heterocycles. The molecule has 1 amide bonds. The van der Waals surface area contributed by atoms with Gasteiger partial charge in [0.25, 0.3) is 0 Å². The molecule has 0 saturated carbocycles. The normalized spacial score (nSPS) is 12.4. The molecule has 0 aromatic heterocycles. The second kappa shape index (κ2) is 10.0. The zero-order valence-corrected chi connectivity index (χ0v) is 15.8. The molecular formula is C19H29NO5. The Bertz CT molecular complexity index is 538. The van der Waals surface area contributed by atoms with Gasteiger partial charge in [-0.1, -0.05) is 30.3 Å². The minimum absolute atomic E-state index is 0.250. The van der Waals surface area contributed by atoms with Gasteiger partial charge in [-0.25, -0.2) is 9.59 Å². The number of nitrogens with zero attached hydrogens (tertiary/aromatic N) is 1.